The molecule has 0 spiro atoms. The molecular formula is C21H41N7O6. The second kappa shape index (κ2) is 15.1. The largest absolute Gasteiger partial charge is 0.480 e. The number of aliphatic hydroxyl groups is 1. The normalized spacial score (nSPS) is 16.4. The van der Waals surface area contributed by atoms with Gasteiger partial charge in [0, 0.05) is 6.54 Å². The van der Waals surface area contributed by atoms with Gasteiger partial charge in [-0.3, -0.25) is 19.4 Å². The van der Waals surface area contributed by atoms with Crippen molar-refractivity contribution in [1.82, 2.24) is 16.0 Å². The molecule has 0 rings (SSSR count). The van der Waals surface area contributed by atoms with Crippen molar-refractivity contribution in [3.05, 3.63) is 0 Å². The molecule has 0 saturated heterocycles. The maximum absolute atomic E-state index is 12.9. The van der Waals surface area contributed by atoms with Gasteiger partial charge >= 0.3 is 5.97 Å². The molecule has 0 saturated carbocycles. The predicted molar refractivity (Wildman–Crippen MR) is 127 cm³/mol. The van der Waals surface area contributed by atoms with Crippen molar-refractivity contribution >= 4 is 29.7 Å². The summed E-state index contributed by atoms with van der Waals surface area (Å²) in [5.74, 6) is -3.99. The Labute approximate surface area is 200 Å². The third-order valence-electron chi connectivity index (χ3n) is 5.43. The first-order valence-electron chi connectivity index (χ1n) is 11.4. The van der Waals surface area contributed by atoms with Crippen LogP contribution in [0.15, 0.2) is 4.99 Å². The van der Waals surface area contributed by atoms with Crippen LogP contribution in [0.2, 0.25) is 0 Å². The number of carbonyl (C=O) groups is 4. The van der Waals surface area contributed by atoms with Gasteiger partial charge in [0.2, 0.25) is 17.7 Å². The number of carboxylic acids is 1. The van der Waals surface area contributed by atoms with Crippen molar-refractivity contribution in [1.29, 1.82) is 0 Å². The van der Waals surface area contributed by atoms with E-state index in [9.17, 15) is 29.4 Å². The van der Waals surface area contributed by atoms with E-state index in [4.69, 9.17) is 17.2 Å². The molecule has 0 aromatic carbocycles. The summed E-state index contributed by atoms with van der Waals surface area (Å²) in [6.07, 6.45) is -0.366. The van der Waals surface area contributed by atoms with E-state index in [2.05, 4.69) is 20.9 Å². The summed E-state index contributed by atoms with van der Waals surface area (Å²) in [7, 11) is 0. The lowest BCUT2D eigenvalue weighted by Gasteiger charge is -2.28. The summed E-state index contributed by atoms with van der Waals surface area (Å²) in [5, 5.41) is 26.8. The van der Waals surface area contributed by atoms with Gasteiger partial charge in [-0.05, 0) is 31.6 Å². The van der Waals surface area contributed by atoms with Gasteiger partial charge < -0.3 is 43.4 Å². The van der Waals surface area contributed by atoms with Gasteiger partial charge in [-0.15, -0.1) is 0 Å². The summed E-state index contributed by atoms with van der Waals surface area (Å²) in [5.41, 5.74) is 16.4. The molecule has 0 aliphatic carbocycles. The van der Waals surface area contributed by atoms with Crippen LogP contribution in [0.5, 0.6) is 0 Å². The zero-order chi connectivity index (χ0) is 26.6. The molecule has 6 unspecified atom stereocenters. The number of amides is 3. The molecule has 3 amide bonds. The Morgan fingerprint density at radius 3 is 1.88 bits per heavy atom. The molecule has 0 fully saturated rings. The number of nitrogens with one attached hydrogen (secondary N) is 3. The third kappa shape index (κ3) is 10.8. The number of aliphatic imine (C=N–C) groups is 1. The molecule has 0 aliphatic heterocycles. The Hall–Kier alpha value is -2.93. The highest BCUT2D eigenvalue weighted by atomic mass is 16.4. The molecule has 0 heterocycles. The molecule has 13 heteroatoms. The molecule has 0 bridgehead atoms. The van der Waals surface area contributed by atoms with E-state index in [-0.39, 0.29) is 37.2 Å². The van der Waals surface area contributed by atoms with E-state index in [0.717, 1.165) is 0 Å². The van der Waals surface area contributed by atoms with E-state index in [1.807, 2.05) is 13.8 Å². The average molecular weight is 488 g/mol. The monoisotopic (exact) mass is 487 g/mol. The summed E-state index contributed by atoms with van der Waals surface area (Å²) in [4.78, 5) is 53.3. The topological polar surface area (TPSA) is 235 Å². The van der Waals surface area contributed by atoms with Gasteiger partial charge in [-0.1, -0.05) is 34.1 Å². The SMILES string of the molecule is CCC(C)C(N)C(=O)NC(C(=O)NC(C(=O)NC(CCCN=C(N)N)C(=O)O)C(C)O)C(C)C. The molecule has 0 aliphatic rings. The van der Waals surface area contributed by atoms with Crippen molar-refractivity contribution in [2.24, 2.45) is 34.0 Å². The number of rotatable bonds is 15. The van der Waals surface area contributed by atoms with Crippen molar-refractivity contribution < 1.29 is 29.4 Å². The van der Waals surface area contributed by atoms with Crippen LogP contribution in [-0.2, 0) is 19.2 Å². The molecule has 34 heavy (non-hydrogen) atoms. The Bertz CT molecular complexity index is 724. The number of carboxylic acid groups (broad SMARTS) is 1. The Kier molecular flexibility index (Phi) is 13.8. The Morgan fingerprint density at radius 2 is 1.44 bits per heavy atom. The van der Waals surface area contributed by atoms with Crippen LogP contribution in [0.1, 0.15) is 53.9 Å². The van der Waals surface area contributed by atoms with Gasteiger partial charge in [0.1, 0.15) is 18.1 Å². The highest BCUT2D eigenvalue weighted by Crippen LogP contribution is 2.09. The van der Waals surface area contributed by atoms with Crippen LogP contribution in [0, 0.1) is 11.8 Å². The highest BCUT2D eigenvalue weighted by molar-refractivity contribution is 5.94. The van der Waals surface area contributed by atoms with Gasteiger partial charge in [0.05, 0.1) is 12.1 Å². The summed E-state index contributed by atoms with van der Waals surface area (Å²) >= 11 is 0. The van der Waals surface area contributed by atoms with Crippen molar-refractivity contribution in [2.75, 3.05) is 6.54 Å². The van der Waals surface area contributed by atoms with Crippen molar-refractivity contribution in [3.8, 4) is 0 Å². The zero-order valence-electron chi connectivity index (χ0n) is 20.6. The lowest BCUT2D eigenvalue weighted by Crippen LogP contribution is -2.61. The number of hydrogen-bond donors (Lipinski definition) is 8. The first kappa shape index (κ1) is 31.1. The van der Waals surface area contributed by atoms with E-state index >= 15 is 0 Å². The third-order valence-corrected chi connectivity index (χ3v) is 5.43. The van der Waals surface area contributed by atoms with E-state index < -0.39 is 54.0 Å². The fraction of sp³-hybridized carbons (Fsp3) is 0.762. The second-order valence-corrected chi connectivity index (χ2v) is 8.72. The maximum atomic E-state index is 12.9. The van der Waals surface area contributed by atoms with E-state index in [0.29, 0.717) is 6.42 Å². The summed E-state index contributed by atoms with van der Waals surface area (Å²) < 4.78 is 0. The number of hydrogen-bond acceptors (Lipinski definition) is 7. The lowest BCUT2D eigenvalue weighted by molar-refractivity contribution is -0.143. The molecule has 0 aromatic rings. The molecular weight excluding hydrogens is 446 g/mol. The minimum atomic E-state index is -1.45. The highest BCUT2D eigenvalue weighted by Gasteiger charge is 2.34. The minimum absolute atomic E-state index is 0.0243. The number of nitrogens with zero attached hydrogens (tertiary/aromatic N) is 1. The molecule has 6 atom stereocenters. The second-order valence-electron chi connectivity index (χ2n) is 8.72. The van der Waals surface area contributed by atoms with Crippen LogP contribution in [0.4, 0.5) is 0 Å². The first-order valence-corrected chi connectivity index (χ1v) is 11.4. The van der Waals surface area contributed by atoms with Gasteiger partial charge in [-0.2, -0.15) is 0 Å². The molecule has 13 nitrogen and oxygen atoms in total. The molecule has 196 valence electrons. The Balaban J connectivity index is 5.33. The van der Waals surface area contributed by atoms with Gasteiger partial charge in [-0.25, -0.2) is 4.79 Å². The van der Waals surface area contributed by atoms with E-state index in [1.165, 1.54) is 6.92 Å². The van der Waals surface area contributed by atoms with Crippen LogP contribution < -0.4 is 33.2 Å². The molecule has 0 radical (unpaired) electrons. The number of aliphatic carboxylic acids is 1. The van der Waals surface area contributed by atoms with Crippen molar-refractivity contribution in [3.63, 3.8) is 0 Å². The van der Waals surface area contributed by atoms with Crippen molar-refractivity contribution in [2.45, 2.75) is 84.2 Å². The average Bonchev–Trinajstić information content (AvgIpc) is 2.75. The zero-order valence-corrected chi connectivity index (χ0v) is 20.6. The van der Waals surface area contributed by atoms with E-state index in [1.54, 1.807) is 13.8 Å². The van der Waals surface area contributed by atoms with Crippen LogP contribution in [-0.4, -0.2) is 76.7 Å². The lowest BCUT2D eigenvalue weighted by atomic mass is 9.97. The standard InChI is InChI=1S/C21H41N7O6/c1-6-11(4)14(22)17(30)27-15(10(2)3)18(31)28-16(12(5)29)19(32)26-13(20(33)34)8-7-9-25-21(23)24/h10-16,29H,6-9,22H2,1-5H3,(H,26,32)(H,27,30)(H,28,31)(H,33,34)(H4,23,24,25). The smallest absolute Gasteiger partial charge is 0.326 e. The number of guanidine groups is 1. The van der Waals surface area contributed by atoms with Crippen LogP contribution >= 0.6 is 0 Å². The fourth-order valence-corrected chi connectivity index (χ4v) is 2.97. The number of aliphatic hydroxyl groups excluding tert-OH is 1. The van der Waals surface area contributed by atoms with Gasteiger partial charge in [0.15, 0.2) is 5.96 Å². The summed E-state index contributed by atoms with van der Waals surface area (Å²) in [6, 6.07) is -4.57. The van der Waals surface area contributed by atoms with Crippen LogP contribution in [0.3, 0.4) is 0 Å². The fourth-order valence-electron chi connectivity index (χ4n) is 2.97. The minimum Gasteiger partial charge on any atom is -0.480 e. The maximum Gasteiger partial charge on any atom is 0.326 e. The van der Waals surface area contributed by atoms with Crippen LogP contribution in [0.25, 0.3) is 0 Å². The van der Waals surface area contributed by atoms with Gasteiger partial charge in [0.25, 0.3) is 0 Å². The number of nitrogens with two attached hydrogens (primary N) is 3. The number of carbonyl (C=O) groups excluding carboxylic acids is 3. The summed E-state index contributed by atoms with van der Waals surface area (Å²) in [6.45, 7) is 8.57. The predicted octanol–water partition coefficient (Wildman–Crippen LogP) is -2.01. The first-order chi connectivity index (χ1) is 15.7. The Morgan fingerprint density at radius 1 is 0.912 bits per heavy atom. The molecule has 0 aromatic heterocycles. The molecule has 11 N–H and O–H groups in total. The quantitative estimate of drug-likeness (QED) is 0.0722.